The third kappa shape index (κ3) is 12.9. The molecule has 0 spiro atoms. The largest absolute Gasteiger partial charge is 1.00 e. The molecule has 0 aliphatic heterocycles. The van der Waals surface area contributed by atoms with Crippen molar-refractivity contribution in [2.75, 3.05) is 22.9 Å². The smallest absolute Gasteiger partial charge is 0.871 e. The van der Waals surface area contributed by atoms with Gasteiger partial charge >= 0.3 is 88.7 Å². The summed E-state index contributed by atoms with van der Waals surface area (Å²) in [6.07, 6.45) is 0. The Hall–Kier alpha value is -5.79. The molecule has 0 bridgehead atoms. The zero-order valence-corrected chi connectivity index (χ0v) is 46.8. The van der Waals surface area contributed by atoms with Crippen molar-refractivity contribution < 1.29 is 138 Å². The van der Waals surface area contributed by atoms with Crippen molar-refractivity contribution in [3.63, 3.8) is 0 Å². The summed E-state index contributed by atoms with van der Waals surface area (Å²) in [5, 5.41) is 58.8. The van der Waals surface area contributed by atoms with Crippen molar-refractivity contribution in [1.82, 2.24) is 0 Å². The van der Waals surface area contributed by atoms with Gasteiger partial charge in [-0.25, -0.2) is 8.42 Å². The second-order valence-corrected chi connectivity index (χ2v) is 19.1. The Morgan fingerprint density at radius 2 is 0.808 bits per heavy atom. The van der Waals surface area contributed by atoms with Gasteiger partial charge in [-0.2, -0.15) is 32.2 Å². The molecule has 0 aliphatic carbocycles. The number of nitrogens with zero attached hydrogens (tertiary/aromatic N) is 8. The monoisotopic (exact) mass is 1070 g/mol. The number of benzene rings is 8. The van der Waals surface area contributed by atoms with Gasteiger partial charge in [-0.3, -0.25) is 9.11 Å². The van der Waals surface area contributed by atoms with Gasteiger partial charge < -0.3 is 37.7 Å². The molecule has 0 unspecified atom stereocenters. The summed E-state index contributed by atoms with van der Waals surface area (Å²) in [4.78, 5) is -2.61. The third-order valence-corrected chi connectivity index (χ3v) is 12.8. The summed E-state index contributed by atoms with van der Waals surface area (Å²) in [6, 6.07) is 29.2. The Bertz CT molecular complexity index is 3950. The molecule has 0 atom stereocenters. The van der Waals surface area contributed by atoms with Crippen LogP contribution < -0.4 is 122 Å². The van der Waals surface area contributed by atoms with Gasteiger partial charge in [0.05, 0.1) is 44.7 Å². The van der Waals surface area contributed by atoms with Crippen LogP contribution in [0.4, 0.5) is 68.2 Å². The van der Waals surface area contributed by atoms with Crippen molar-refractivity contribution in [2.45, 2.75) is 14.7 Å². The number of hydrogen-bond acceptors (Lipinski definition) is 21. The average molecular weight is 1070 g/mol. The summed E-state index contributed by atoms with van der Waals surface area (Å²) in [5.74, 6) is -1.90. The third-order valence-electron chi connectivity index (χ3n) is 10.2. The van der Waals surface area contributed by atoms with E-state index in [4.69, 9.17) is 22.9 Å². The van der Waals surface area contributed by atoms with Crippen LogP contribution in [0.5, 0.6) is 11.5 Å². The first-order valence-corrected chi connectivity index (χ1v) is 24.0. The molecule has 0 saturated heterocycles. The first-order chi connectivity index (χ1) is 33.1. The number of azo groups is 4. The van der Waals surface area contributed by atoms with E-state index >= 15 is 0 Å². The summed E-state index contributed by atoms with van der Waals surface area (Å²) >= 11 is 0. The van der Waals surface area contributed by atoms with Crippen LogP contribution in [0.25, 0.3) is 32.7 Å². The van der Waals surface area contributed by atoms with Crippen molar-refractivity contribution in [2.24, 2.45) is 40.9 Å². The van der Waals surface area contributed by atoms with Gasteiger partial charge in [-0.15, -0.1) is 25.6 Å². The molecule has 354 valence electrons. The van der Waals surface area contributed by atoms with Crippen LogP contribution >= 0.6 is 0 Å². The molecule has 73 heavy (non-hydrogen) atoms. The van der Waals surface area contributed by atoms with E-state index < -0.39 is 73.6 Å². The normalized spacial score (nSPS) is 12.2. The minimum atomic E-state index is -5.16. The molecular weight excluding hydrogens is 1040 g/mol. The molecule has 0 fully saturated rings. The zero-order chi connectivity index (χ0) is 50.3. The molecule has 8 aromatic rings. The Balaban J connectivity index is 0.00000329. The van der Waals surface area contributed by atoms with E-state index in [0.717, 1.165) is 24.3 Å². The number of fused-ring (bicyclic) bond motifs is 2. The van der Waals surface area contributed by atoms with Crippen LogP contribution in [0.1, 0.15) is 0 Å². The molecule has 0 saturated carbocycles. The molecule has 0 amide bonds. The summed E-state index contributed by atoms with van der Waals surface area (Å²) in [6.45, 7) is 0. The van der Waals surface area contributed by atoms with E-state index in [1.54, 1.807) is 42.5 Å². The molecule has 8 aromatic carbocycles. The quantitative estimate of drug-likeness (QED) is 0.0412. The van der Waals surface area contributed by atoms with Crippen LogP contribution in [-0.4, -0.2) is 38.9 Å². The maximum Gasteiger partial charge on any atom is 1.00 e. The SMILES string of the molecule is Nc1cccc(N=Nc2c(N)ccc3c([O-])c(N=Nc4ccc(-c5ccc(N=Nc6c(S(=O)(=O)O)cc7c(N=Nc8ccc(N)cc8S(=O)(=O)[O-])c(N)ccc7c6[O-])cc5)cc4)c(S(=O)(=O)O)cc23)c1.[Na+].[Na+].[Na+]. The minimum absolute atomic E-state index is 0. The van der Waals surface area contributed by atoms with Crippen LogP contribution in [0.15, 0.2) is 183 Å². The van der Waals surface area contributed by atoms with Crippen LogP contribution in [-0.2, 0) is 30.4 Å². The van der Waals surface area contributed by atoms with Gasteiger partial charge in [0.1, 0.15) is 37.0 Å². The molecule has 0 aliphatic rings. The Morgan fingerprint density at radius 1 is 0.397 bits per heavy atom. The summed E-state index contributed by atoms with van der Waals surface area (Å²) in [5.41, 5.74) is 23.7. The number of rotatable bonds is 12. The Morgan fingerprint density at radius 3 is 1.23 bits per heavy atom. The molecular formula is C44H31N12Na3O11S3. The predicted octanol–water partition coefficient (Wildman–Crippen LogP) is 0.207. The maximum atomic E-state index is 13.7. The van der Waals surface area contributed by atoms with Gasteiger partial charge in [-0.1, -0.05) is 54.0 Å². The van der Waals surface area contributed by atoms with Gasteiger partial charge in [0.15, 0.2) is 0 Å². The van der Waals surface area contributed by atoms with Crippen molar-refractivity contribution in [3.05, 3.63) is 127 Å². The van der Waals surface area contributed by atoms with Crippen molar-refractivity contribution in [1.29, 1.82) is 0 Å². The van der Waals surface area contributed by atoms with Crippen LogP contribution in [0.2, 0.25) is 0 Å². The average Bonchev–Trinajstić information content (AvgIpc) is 3.30. The van der Waals surface area contributed by atoms with E-state index in [0.29, 0.717) is 22.5 Å². The number of anilines is 4. The molecule has 0 radical (unpaired) electrons. The van der Waals surface area contributed by atoms with Gasteiger partial charge in [0.2, 0.25) is 0 Å². The van der Waals surface area contributed by atoms with Crippen molar-refractivity contribution in [3.8, 4) is 22.6 Å². The molecule has 0 aromatic heterocycles. The van der Waals surface area contributed by atoms with E-state index in [1.165, 1.54) is 60.7 Å². The number of nitrogens with two attached hydrogens (primary N) is 4. The first kappa shape index (κ1) is 58.1. The second-order valence-electron chi connectivity index (χ2n) is 14.9. The topological polar surface area (TPSA) is 415 Å². The fourth-order valence-corrected chi connectivity index (χ4v) is 8.83. The fraction of sp³-hybridized carbons (Fsp3) is 0. The summed E-state index contributed by atoms with van der Waals surface area (Å²) < 4.78 is 106. The standard InChI is InChI=1S/C44H34N12O11S3.3Na/c45-24-2-1-3-28(18-24)51-53-39-31-20-37(69(62,63)64)41(43(57)29(31)13-15-33(39)47)55-49-26-9-4-22(5-10-26)23-6-11-27(12-7-23)50-56-42-38(70(65,66)67)21-32-30(44(42)58)14-16-34(48)40(32)54-52-35-17-8-25(46)19-36(35)68(59,60)61;;;/h1-21,57-58H,45-48H2,(H,59,60,61)(H,62,63,64)(H,65,66,67);;;/q;3*+1/p-3. The molecule has 0 heterocycles. The van der Waals surface area contributed by atoms with E-state index in [1.807, 2.05) is 0 Å². The van der Waals surface area contributed by atoms with Gasteiger partial charge in [-0.05, 0) is 107 Å². The molecule has 10 N–H and O–H groups in total. The van der Waals surface area contributed by atoms with E-state index in [2.05, 4.69) is 40.9 Å². The van der Waals surface area contributed by atoms with Crippen molar-refractivity contribution >= 4 is 120 Å². The molecule has 29 heteroatoms. The van der Waals surface area contributed by atoms with E-state index in [-0.39, 0.29) is 150 Å². The first-order valence-electron chi connectivity index (χ1n) is 19.7. The number of nitrogen functional groups attached to an aromatic ring is 4. The second kappa shape index (κ2) is 23.2. The molecule has 8 rings (SSSR count). The van der Waals surface area contributed by atoms with Gasteiger partial charge in [0, 0.05) is 22.1 Å². The maximum absolute atomic E-state index is 13.7. The Labute approximate surface area is 481 Å². The summed E-state index contributed by atoms with van der Waals surface area (Å²) in [7, 11) is -15.3. The van der Waals surface area contributed by atoms with Crippen LogP contribution in [0.3, 0.4) is 0 Å². The zero-order valence-electron chi connectivity index (χ0n) is 38.3. The van der Waals surface area contributed by atoms with Crippen LogP contribution in [0, 0.1) is 0 Å². The fourth-order valence-electron chi connectivity index (χ4n) is 6.89. The molecule has 23 nitrogen and oxygen atoms in total. The predicted molar refractivity (Wildman–Crippen MR) is 253 cm³/mol. The number of hydrogen-bond donors (Lipinski definition) is 6. The minimum Gasteiger partial charge on any atom is -0.871 e. The van der Waals surface area contributed by atoms with Gasteiger partial charge in [0.25, 0.3) is 20.2 Å². The van der Waals surface area contributed by atoms with E-state index in [9.17, 15) is 49.1 Å². The Kier molecular flexibility index (Phi) is 18.4.